The number of benzene rings is 2. The maximum Gasteiger partial charge on any atom is 0.133 e. The molecular formula is C21H25F2N3O. The van der Waals surface area contributed by atoms with E-state index in [1.807, 2.05) is 24.3 Å². The van der Waals surface area contributed by atoms with Crippen molar-refractivity contribution in [2.24, 2.45) is 0 Å². The summed E-state index contributed by atoms with van der Waals surface area (Å²) < 4.78 is 32.1. The lowest BCUT2D eigenvalue weighted by Gasteiger charge is -2.32. The summed E-state index contributed by atoms with van der Waals surface area (Å²) in [6, 6.07) is 11.6. The number of nitrogens with zero attached hydrogens (tertiary/aromatic N) is 2. The van der Waals surface area contributed by atoms with Gasteiger partial charge in [-0.3, -0.25) is 9.80 Å². The van der Waals surface area contributed by atoms with Crippen molar-refractivity contribution in [1.29, 1.82) is 0 Å². The Labute approximate surface area is 158 Å². The first-order valence-corrected chi connectivity index (χ1v) is 9.56. The van der Waals surface area contributed by atoms with E-state index in [4.69, 9.17) is 4.74 Å². The molecule has 4 nitrogen and oxygen atoms in total. The maximum absolute atomic E-state index is 13.3. The van der Waals surface area contributed by atoms with Gasteiger partial charge in [0.05, 0.1) is 0 Å². The van der Waals surface area contributed by atoms with Gasteiger partial charge in [-0.25, -0.2) is 8.78 Å². The second-order valence-corrected chi connectivity index (χ2v) is 7.31. The van der Waals surface area contributed by atoms with Gasteiger partial charge >= 0.3 is 0 Å². The van der Waals surface area contributed by atoms with Crippen molar-refractivity contribution >= 4 is 0 Å². The predicted octanol–water partition coefficient (Wildman–Crippen LogP) is 3.24. The molecule has 1 atom stereocenters. The van der Waals surface area contributed by atoms with Gasteiger partial charge in [0.25, 0.3) is 0 Å². The van der Waals surface area contributed by atoms with E-state index >= 15 is 0 Å². The Balaban J connectivity index is 1.31. The molecule has 27 heavy (non-hydrogen) atoms. The molecular weight excluding hydrogens is 348 g/mol. The third-order valence-electron chi connectivity index (χ3n) is 5.32. The van der Waals surface area contributed by atoms with Crippen LogP contribution in [0.2, 0.25) is 0 Å². The lowest BCUT2D eigenvalue weighted by Crippen LogP contribution is -2.49. The summed E-state index contributed by atoms with van der Waals surface area (Å²) in [7, 11) is 0. The van der Waals surface area contributed by atoms with Gasteiger partial charge < -0.3 is 10.1 Å². The molecule has 144 valence electrons. The molecule has 0 aliphatic carbocycles. The zero-order chi connectivity index (χ0) is 18.6. The van der Waals surface area contributed by atoms with Crippen LogP contribution in [0, 0.1) is 11.6 Å². The number of halogens is 2. The first kappa shape index (κ1) is 18.3. The largest absolute Gasteiger partial charge is 0.457 e. The first-order chi connectivity index (χ1) is 13.2. The van der Waals surface area contributed by atoms with E-state index in [0.29, 0.717) is 11.8 Å². The Hall–Kier alpha value is -2.02. The van der Waals surface area contributed by atoms with Crippen molar-refractivity contribution in [3.8, 4) is 11.5 Å². The minimum absolute atomic E-state index is 0.165. The molecule has 2 saturated heterocycles. The summed E-state index contributed by atoms with van der Waals surface area (Å²) in [6.07, 6.45) is 1.23. The number of nitrogens with one attached hydrogen (secondary N) is 1. The Morgan fingerprint density at radius 3 is 2.33 bits per heavy atom. The summed E-state index contributed by atoms with van der Waals surface area (Å²) in [5.41, 5.74) is 1.22. The van der Waals surface area contributed by atoms with Gasteiger partial charge in [0.1, 0.15) is 23.1 Å². The molecule has 4 rings (SSSR count). The quantitative estimate of drug-likeness (QED) is 0.871. The van der Waals surface area contributed by atoms with Crippen molar-refractivity contribution in [3.05, 3.63) is 59.7 Å². The van der Waals surface area contributed by atoms with Gasteiger partial charge in [-0.15, -0.1) is 0 Å². The van der Waals surface area contributed by atoms with E-state index in [1.54, 1.807) is 0 Å². The molecule has 2 heterocycles. The van der Waals surface area contributed by atoms with Crippen LogP contribution in [0.5, 0.6) is 11.5 Å². The third-order valence-corrected chi connectivity index (χ3v) is 5.32. The van der Waals surface area contributed by atoms with Crippen LogP contribution in [0.1, 0.15) is 12.0 Å². The van der Waals surface area contributed by atoms with Crippen molar-refractivity contribution in [3.63, 3.8) is 0 Å². The highest BCUT2D eigenvalue weighted by molar-refractivity contribution is 5.33. The molecule has 2 aromatic rings. The third kappa shape index (κ3) is 4.83. The molecule has 0 spiro atoms. The number of ether oxygens (including phenoxy) is 1. The lowest BCUT2D eigenvalue weighted by molar-refractivity contribution is 0.170. The van der Waals surface area contributed by atoms with Gasteiger partial charge in [-0.2, -0.15) is 0 Å². The average molecular weight is 373 g/mol. The average Bonchev–Trinajstić information content (AvgIpc) is 3.12. The van der Waals surface area contributed by atoms with Crippen molar-refractivity contribution in [1.82, 2.24) is 15.1 Å². The van der Waals surface area contributed by atoms with E-state index in [1.165, 1.54) is 24.1 Å². The highest BCUT2D eigenvalue weighted by Gasteiger charge is 2.28. The molecule has 0 radical (unpaired) electrons. The molecule has 1 N–H and O–H groups in total. The highest BCUT2D eigenvalue weighted by Crippen LogP contribution is 2.25. The van der Waals surface area contributed by atoms with Gasteiger partial charge in [0.15, 0.2) is 0 Å². The topological polar surface area (TPSA) is 27.7 Å². The molecule has 2 fully saturated rings. The van der Waals surface area contributed by atoms with Crippen molar-refractivity contribution in [2.75, 3.05) is 39.3 Å². The maximum atomic E-state index is 13.3. The van der Waals surface area contributed by atoms with E-state index in [2.05, 4.69) is 15.1 Å². The number of hydrogen-bond donors (Lipinski definition) is 1. The summed E-state index contributed by atoms with van der Waals surface area (Å²) in [4.78, 5) is 5.09. The standard InChI is InChI=1S/C21H25F2N3O/c22-17-11-18(23)13-21(12-17)27-20-3-1-16(2-4-20)14-25-8-5-19(15-25)26-9-6-24-7-10-26/h1-4,11-13,19,24H,5-10,14-15H2. The zero-order valence-electron chi connectivity index (χ0n) is 15.3. The molecule has 1 unspecified atom stereocenters. The Morgan fingerprint density at radius 1 is 0.926 bits per heavy atom. The highest BCUT2D eigenvalue weighted by atomic mass is 19.1. The summed E-state index contributed by atoms with van der Waals surface area (Å²) in [5, 5.41) is 3.41. The SMILES string of the molecule is Fc1cc(F)cc(Oc2ccc(CN3CCC(N4CCNCC4)C3)cc2)c1. The molecule has 0 aromatic heterocycles. The fourth-order valence-corrected chi connectivity index (χ4v) is 3.95. The minimum Gasteiger partial charge on any atom is -0.457 e. The Bertz CT molecular complexity index is 742. The monoisotopic (exact) mass is 373 g/mol. The van der Waals surface area contributed by atoms with Crippen LogP contribution in [-0.4, -0.2) is 55.1 Å². The Morgan fingerprint density at radius 2 is 1.63 bits per heavy atom. The normalized spacial score (nSPS) is 21.5. The summed E-state index contributed by atoms with van der Waals surface area (Å²) in [5.74, 6) is -0.549. The lowest BCUT2D eigenvalue weighted by atomic mass is 10.2. The summed E-state index contributed by atoms with van der Waals surface area (Å²) in [6.45, 7) is 7.62. The molecule has 2 aliphatic heterocycles. The van der Waals surface area contributed by atoms with Crippen LogP contribution in [0.4, 0.5) is 8.78 Å². The zero-order valence-corrected chi connectivity index (χ0v) is 15.3. The van der Waals surface area contributed by atoms with Crippen LogP contribution in [0.3, 0.4) is 0 Å². The van der Waals surface area contributed by atoms with Crippen molar-refractivity contribution in [2.45, 2.75) is 19.0 Å². The number of hydrogen-bond acceptors (Lipinski definition) is 4. The smallest absolute Gasteiger partial charge is 0.133 e. The number of rotatable bonds is 5. The van der Waals surface area contributed by atoms with Gasteiger partial charge in [0.2, 0.25) is 0 Å². The van der Waals surface area contributed by atoms with Crippen LogP contribution in [-0.2, 0) is 6.54 Å². The molecule has 2 aliphatic rings. The van der Waals surface area contributed by atoms with Crippen LogP contribution in [0.15, 0.2) is 42.5 Å². The van der Waals surface area contributed by atoms with E-state index in [9.17, 15) is 8.78 Å². The predicted molar refractivity (Wildman–Crippen MR) is 101 cm³/mol. The molecule has 0 amide bonds. The fraction of sp³-hybridized carbons (Fsp3) is 0.429. The molecule has 2 aromatic carbocycles. The van der Waals surface area contributed by atoms with E-state index in [-0.39, 0.29) is 5.75 Å². The van der Waals surface area contributed by atoms with Crippen LogP contribution < -0.4 is 10.1 Å². The van der Waals surface area contributed by atoms with E-state index < -0.39 is 11.6 Å². The molecule has 0 bridgehead atoms. The van der Waals surface area contributed by atoms with Crippen molar-refractivity contribution < 1.29 is 13.5 Å². The fourth-order valence-electron chi connectivity index (χ4n) is 3.95. The minimum atomic E-state index is -0.644. The number of likely N-dealkylation sites (tertiary alicyclic amines) is 1. The first-order valence-electron chi connectivity index (χ1n) is 9.56. The van der Waals surface area contributed by atoms with Crippen LogP contribution >= 0.6 is 0 Å². The summed E-state index contributed by atoms with van der Waals surface area (Å²) >= 11 is 0. The molecule has 0 saturated carbocycles. The van der Waals surface area contributed by atoms with E-state index in [0.717, 1.165) is 51.9 Å². The van der Waals surface area contributed by atoms with Gasteiger partial charge in [0, 0.05) is 70.1 Å². The number of piperazine rings is 1. The second kappa shape index (κ2) is 8.33. The van der Waals surface area contributed by atoms with Gasteiger partial charge in [-0.05, 0) is 24.1 Å². The molecule has 6 heteroatoms. The second-order valence-electron chi connectivity index (χ2n) is 7.31. The Kier molecular flexibility index (Phi) is 5.66. The van der Waals surface area contributed by atoms with Crippen LogP contribution in [0.25, 0.3) is 0 Å². The van der Waals surface area contributed by atoms with Gasteiger partial charge in [-0.1, -0.05) is 12.1 Å².